The first-order chi connectivity index (χ1) is 6.90. The third-order valence-electron chi connectivity index (χ3n) is 4.11. The fraction of sp³-hybridized carbons (Fsp3) is 1.00. The van der Waals surface area contributed by atoms with Crippen LogP contribution < -0.4 is 5.32 Å². The fourth-order valence-corrected chi connectivity index (χ4v) is 3.07. The number of hydrogen-bond donors (Lipinski definition) is 1. The van der Waals surface area contributed by atoms with Gasteiger partial charge in [-0.25, -0.2) is 0 Å². The highest BCUT2D eigenvalue weighted by atomic mass is 16.5. The topological polar surface area (TPSA) is 21.3 Å². The van der Waals surface area contributed by atoms with E-state index in [4.69, 9.17) is 4.74 Å². The van der Waals surface area contributed by atoms with Gasteiger partial charge in [-0.2, -0.15) is 0 Å². The molecule has 2 nitrogen and oxygen atoms in total. The average Bonchev–Trinajstić information content (AvgIpc) is 2.30. The normalized spacial score (nSPS) is 35.8. The van der Waals surface area contributed by atoms with Crippen molar-refractivity contribution in [2.75, 3.05) is 20.3 Å². The smallest absolute Gasteiger partial charge is 0.0468 e. The summed E-state index contributed by atoms with van der Waals surface area (Å²) in [6.07, 6.45) is 8.28. The highest BCUT2D eigenvalue weighted by Gasteiger charge is 2.27. The predicted molar refractivity (Wildman–Crippen MR) is 58.3 cm³/mol. The van der Waals surface area contributed by atoms with Crippen molar-refractivity contribution in [3.8, 4) is 0 Å². The van der Waals surface area contributed by atoms with Crippen LogP contribution in [0.3, 0.4) is 0 Å². The SMILES string of the molecule is CNC1CCC(C2CCOCC2)CC1. The van der Waals surface area contributed by atoms with Crippen LogP contribution in [0.15, 0.2) is 0 Å². The third kappa shape index (κ3) is 2.48. The highest BCUT2D eigenvalue weighted by Crippen LogP contribution is 2.35. The van der Waals surface area contributed by atoms with Gasteiger partial charge >= 0.3 is 0 Å². The number of nitrogens with one attached hydrogen (secondary N) is 1. The predicted octanol–water partition coefficient (Wildman–Crippen LogP) is 2.19. The summed E-state index contributed by atoms with van der Waals surface area (Å²) >= 11 is 0. The van der Waals surface area contributed by atoms with Crippen molar-refractivity contribution in [3.05, 3.63) is 0 Å². The Balaban J connectivity index is 1.76. The van der Waals surface area contributed by atoms with Crippen LogP contribution in [0.1, 0.15) is 38.5 Å². The van der Waals surface area contributed by atoms with E-state index in [0.717, 1.165) is 31.1 Å². The molecule has 0 atom stereocenters. The zero-order valence-electron chi connectivity index (χ0n) is 9.30. The van der Waals surface area contributed by atoms with Crippen molar-refractivity contribution in [1.29, 1.82) is 0 Å². The molecule has 0 aromatic heterocycles. The summed E-state index contributed by atoms with van der Waals surface area (Å²) in [6.45, 7) is 2.02. The van der Waals surface area contributed by atoms with Gasteiger partial charge in [0.25, 0.3) is 0 Å². The number of hydrogen-bond acceptors (Lipinski definition) is 2. The fourth-order valence-electron chi connectivity index (χ4n) is 3.07. The summed E-state index contributed by atoms with van der Waals surface area (Å²) in [5, 5.41) is 3.40. The summed E-state index contributed by atoms with van der Waals surface area (Å²) < 4.78 is 5.42. The van der Waals surface area contributed by atoms with Crippen molar-refractivity contribution in [2.24, 2.45) is 11.8 Å². The first-order valence-corrected chi connectivity index (χ1v) is 6.15. The van der Waals surface area contributed by atoms with Crippen LogP contribution in [0.4, 0.5) is 0 Å². The second-order valence-corrected chi connectivity index (χ2v) is 4.85. The van der Waals surface area contributed by atoms with Crippen LogP contribution >= 0.6 is 0 Å². The quantitative estimate of drug-likeness (QED) is 0.732. The van der Waals surface area contributed by atoms with Crippen LogP contribution in [0.25, 0.3) is 0 Å². The minimum absolute atomic E-state index is 0.797. The Morgan fingerprint density at radius 2 is 1.43 bits per heavy atom. The van der Waals surface area contributed by atoms with Gasteiger partial charge < -0.3 is 10.1 Å². The van der Waals surface area contributed by atoms with Gasteiger partial charge in [0.15, 0.2) is 0 Å². The summed E-state index contributed by atoms with van der Waals surface area (Å²) in [5.41, 5.74) is 0. The van der Waals surface area contributed by atoms with Gasteiger partial charge in [-0.05, 0) is 57.4 Å². The lowest BCUT2D eigenvalue weighted by Crippen LogP contribution is -2.33. The molecule has 0 radical (unpaired) electrons. The number of ether oxygens (including phenoxy) is 1. The molecule has 14 heavy (non-hydrogen) atoms. The monoisotopic (exact) mass is 197 g/mol. The van der Waals surface area contributed by atoms with Crippen LogP contribution in [0.5, 0.6) is 0 Å². The van der Waals surface area contributed by atoms with Crippen molar-refractivity contribution in [1.82, 2.24) is 5.32 Å². The Bertz CT molecular complexity index is 158. The van der Waals surface area contributed by atoms with E-state index < -0.39 is 0 Å². The summed E-state index contributed by atoms with van der Waals surface area (Å²) in [7, 11) is 2.10. The molecule has 2 aliphatic rings. The Labute approximate surface area is 87.4 Å². The van der Waals surface area contributed by atoms with E-state index in [9.17, 15) is 0 Å². The summed E-state index contributed by atoms with van der Waals surface area (Å²) in [4.78, 5) is 0. The first kappa shape index (κ1) is 10.4. The molecule has 0 amide bonds. The second kappa shape index (κ2) is 5.13. The van der Waals surface area contributed by atoms with Crippen LogP contribution in [-0.2, 0) is 4.74 Å². The molecule has 0 aromatic carbocycles. The van der Waals surface area contributed by atoms with Crippen molar-refractivity contribution >= 4 is 0 Å². The molecule has 82 valence electrons. The standard InChI is InChI=1S/C12H23NO/c1-13-12-4-2-10(3-5-12)11-6-8-14-9-7-11/h10-13H,2-9H2,1H3. The van der Waals surface area contributed by atoms with E-state index in [-0.39, 0.29) is 0 Å². The molecule has 0 spiro atoms. The maximum atomic E-state index is 5.42. The molecule has 1 saturated heterocycles. The van der Waals surface area contributed by atoms with Gasteiger partial charge in [-0.15, -0.1) is 0 Å². The molecule has 2 heteroatoms. The minimum Gasteiger partial charge on any atom is -0.381 e. The van der Waals surface area contributed by atoms with Gasteiger partial charge in [0, 0.05) is 19.3 Å². The van der Waals surface area contributed by atoms with Crippen LogP contribution in [0, 0.1) is 11.8 Å². The molecule has 1 N–H and O–H groups in total. The Hall–Kier alpha value is -0.0800. The van der Waals surface area contributed by atoms with E-state index in [2.05, 4.69) is 12.4 Å². The third-order valence-corrected chi connectivity index (χ3v) is 4.11. The van der Waals surface area contributed by atoms with Gasteiger partial charge in [0.2, 0.25) is 0 Å². The first-order valence-electron chi connectivity index (χ1n) is 6.15. The summed E-state index contributed by atoms with van der Waals surface area (Å²) in [5.74, 6) is 1.98. The molecular weight excluding hydrogens is 174 g/mol. The van der Waals surface area contributed by atoms with E-state index in [0.29, 0.717) is 0 Å². The second-order valence-electron chi connectivity index (χ2n) is 4.85. The Morgan fingerprint density at radius 3 is 2.00 bits per heavy atom. The molecule has 1 saturated carbocycles. The van der Waals surface area contributed by atoms with Gasteiger partial charge in [0.05, 0.1) is 0 Å². The molecule has 1 aliphatic heterocycles. The Morgan fingerprint density at radius 1 is 0.857 bits per heavy atom. The molecule has 0 aromatic rings. The number of rotatable bonds is 2. The van der Waals surface area contributed by atoms with E-state index in [1.165, 1.54) is 38.5 Å². The van der Waals surface area contributed by atoms with Crippen LogP contribution in [0.2, 0.25) is 0 Å². The lowest BCUT2D eigenvalue weighted by atomic mass is 9.75. The Kier molecular flexibility index (Phi) is 3.82. The molecule has 0 bridgehead atoms. The molecule has 2 fully saturated rings. The van der Waals surface area contributed by atoms with Gasteiger partial charge in [0.1, 0.15) is 0 Å². The largest absolute Gasteiger partial charge is 0.381 e. The zero-order valence-corrected chi connectivity index (χ0v) is 9.30. The lowest BCUT2D eigenvalue weighted by molar-refractivity contribution is 0.0372. The molecule has 0 unspecified atom stereocenters. The molecular formula is C12H23NO. The maximum Gasteiger partial charge on any atom is 0.0468 e. The maximum absolute atomic E-state index is 5.42. The van der Waals surface area contributed by atoms with Crippen molar-refractivity contribution < 1.29 is 4.74 Å². The van der Waals surface area contributed by atoms with Gasteiger partial charge in [-0.3, -0.25) is 0 Å². The van der Waals surface area contributed by atoms with Crippen LogP contribution in [-0.4, -0.2) is 26.3 Å². The minimum atomic E-state index is 0.797. The summed E-state index contributed by atoms with van der Waals surface area (Å²) in [6, 6.07) is 0.797. The van der Waals surface area contributed by atoms with E-state index in [1.807, 2.05) is 0 Å². The highest BCUT2D eigenvalue weighted by molar-refractivity contribution is 4.81. The van der Waals surface area contributed by atoms with E-state index in [1.54, 1.807) is 0 Å². The zero-order chi connectivity index (χ0) is 9.80. The lowest BCUT2D eigenvalue weighted by Gasteiger charge is -2.35. The molecule has 1 aliphatic carbocycles. The van der Waals surface area contributed by atoms with Gasteiger partial charge in [-0.1, -0.05) is 0 Å². The average molecular weight is 197 g/mol. The molecule has 2 rings (SSSR count). The van der Waals surface area contributed by atoms with Crippen molar-refractivity contribution in [2.45, 2.75) is 44.6 Å². The van der Waals surface area contributed by atoms with E-state index >= 15 is 0 Å². The van der Waals surface area contributed by atoms with Crippen molar-refractivity contribution in [3.63, 3.8) is 0 Å². The molecule has 1 heterocycles.